The molecule has 0 aliphatic carbocycles. The maximum Gasteiger partial charge on any atom is 0.317 e. The van der Waals surface area contributed by atoms with Crippen molar-refractivity contribution in [3.05, 3.63) is 0 Å². The Morgan fingerprint density at radius 2 is 2.20 bits per heavy atom. The van der Waals surface area contributed by atoms with Crippen molar-refractivity contribution in [1.29, 1.82) is 0 Å². The normalized spacial score (nSPS) is 24.5. The summed E-state index contributed by atoms with van der Waals surface area (Å²) in [7, 11) is -1.26. The summed E-state index contributed by atoms with van der Waals surface area (Å²) in [6, 6.07) is -0.412. The van der Waals surface area contributed by atoms with Gasteiger partial charge >= 0.3 is 6.03 Å². The van der Waals surface area contributed by atoms with Crippen LogP contribution in [0.15, 0.2) is 0 Å². The summed E-state index contributed by atoms with van der Waals surface area (Å²) in [5.41, 5.74) is 0. The summed E-state index contributed by atoms with van der Waals surface area (Å²) in [6.45, 7) is 2.49. The molecule has 5 nitrogen and oxygen atoms in total. The minimum Gasteiger partial charge on any atom is -0.334 e. The molecule has 0 aromatic rings. The molecule has 0 aromatic heterocycles. The van der Waals surface area contributed by atoms with E-state index in [2.05, 4.69) is 5.32 Å². The molecule has 1 heterocycles. The van der Waals surface area contributed by atoms with Gasteiger partial charge in [0.25, 0.3) is 0 Å². The number of nitrogens with one attached hydrogen (secondary N) is 1. The number of carbonyl (C=O) groups is 1. The second-order valence-electron chi connectivity index (χ2n) is 3.92. The standard InChI is InChI=1S/C9H18N2O3S/c1-3-11(2)9(12)10-8-5-4-6-15(13,14)7-8/h8H,3-7H2,1-2H3,(H,10,12). The van der Waals surface area contributed by atoms with Crippen LogP contribution in [0.5, 0.6) is 0 Å². The zero-order chi connectivity index (χ0) is 11.5. The quantitative estimate of drug-likeness (QED) is 0.743. The van der Waals surface area contributed by atoms with E-state index >= 15 is 0 Å². The van der Waals surface area contributed by atoms with Crippen LogP contribution >= 0.6 is 0 Å². The van der Waals surface area contributed by atoms with E-state index in [1.165, 1.54) is 4.90 Å². The largest absolute Gasteiger partial charge is 0.334 e. The van der Waals surface area contributed by atoms with Gasteiger partial charge in [-0.25, -0.2) is 13.2 Å². The summed E-state index contributed by atoms with van der Waals surface area (Å²) in [4.78, 5) is 13.0. The molecule has 0 bridgehead atoms. The molecule has 1 aliphatic heterocycles. The van der Waals surface area contributed by atoms with Gasteiger partial charge in [0.1, 0.15) is 0 Å². The summed E-state index contributed by atoms with van der Waals surface area (Å²) >= 11 is 0. The molecule has 0 spiro atoms. The third-order valence-corrected chi connectivity index (χ3v) is 4.43. The third-order valence-electron chi connectivity index (χ3n) is 2.61. The number of hydrogen-bond donors (Lipinski definition) is 1. The van der Waals surface area contributed by atoms with E-state index in [0.29, 0.717) is 13.0 Å². The summed E-state index contributed by atoms with van der Waals surface area (Å²) < 4.78 is 22.6. The fourth-order valence-electron chi connectivity index (χ4n) is 1.57. The van der Waals surface area contributed by atoms with Crippen molar-refractivity contribution in [2.24, 2.45) is 0 Å². The van der Waals surface area contributed by atoms with E-state index in [9.17, 15) is 13.2 Å². The molecule has 1 saturated heterocycles. The van der Waals surface area contributed by atoms with Crippen LogP contribution in [-0.4, -0.2) is 50.5 Å². The van der Waals surface area contributed by atoms with Gasteiger partial charge in [0.05, 0.1) is 11.5 Å². The second-order valence-corrected chi connectivity index (χ2v) is 6.15. The Bertz CT molecular complexity index is 326. The van der Waals surface area contributed by atoms with Crippen LogP contribution in [0.2, 0.25) is 0 Å². The van der Waals surface area contributed by atoms with Crippen molar-refractivity contribution in [1.82, 2.24) is 10.2 Å². The highest BCUT2D eigenvalue weighted by atomic mass is 32.2. The zero-order valence-corrected chi connectivity index (χ0v) is 10.0. The van der Waals surface area contributed by atoms with Crippen molar-refractivity contribution in [3.63, 3.8) is 0 Å². The molecule has 1 unspecified atom stereocenters. The van der Waals surface area contributed by atoms with Crippen LogP contribution < -0.4 is 5.32 Å². The monoisotopic (exact) mass is 234 g/mol. The fraction of sp³-hybridized carbons (Fsp3) is 0.889. The predicted octanol–water partition coefficient (Wildman–Crippen LogP) is 0.225. The first kappa shape index (κ1) is 12.3. The van der Waals surface area contributed by atoms with E-state index in [4.69, 9.17) is 0 Å². The minimum absolute atomic E-state index is 0.0797. The minimum atomic E-state index is -2.94. The predicted molar refractivity (Wildman–Crippen MR) is 58.5 cm³/mol. The highest BCUT2D eigenvalue weighted by molar-refractivity contribution is 7.91. The number of sulfone groups is 1. The Balaban J connectivity index is 2.49. The van der Waals surface area contributed by atoms with Gasteiger partial charge in [-0.2, -0.15) is 0 Å². The van der Waals surface area contributed by atoms with E-state index < -0.39 is 9.84 Å². The lowest BCUT2D eigenvalue weighted by atomic mass is 10.2. The lowest BCUT2D eigenvalue weighted by Gasteiger charge is -2.25. The molecule has 0 saturated carbocycles. The number of rotatable bonds is 2. The van der Waals surface area contributed by atoms with Crippen LogP contribution in [0.25, 0.3) is 0 Å². The fourth-order valence-corrected chi connectivity index (χ4v) is 3.20. The summed E-state index contributed by atoms with van der Waals surface area (Å²) in [5.74, 6) is 0.333. The number of carbonyl (C=O) groups excluding carboxylic acids is 1. The molecule has 1 N–H and O–H groups in total. The van der Waals surface area contributed by atoms with Gasteiger partial charge in [-0.3, -0.25) is 0 Å². The molecule has 0 aromatic carbocycles. The van der Waals surface area contributed by atoms with Crippen molar-refractivity contribution < 1.29 is 13.2 Å². The van der Waals surface area contributed by atoms with Gasteiger partial charge in [-0.15, -0.1) is 0 Å². The van der Waals surface area contributed by atoms with E-state index in [0.717, 1.165) is 6.42 Å². The van der Waals surface area contributed by atoms with Gasteiger partial charge < -0.3 is 10.2 Å². The molecule has 15 heavy (non-hydrogen) atoms. The smallest absolute Gasteiger partial charge is 0.317 e. The number of nitrogens with zero attached hydrogens (tertiary/aromatic N) is 1. The average molecular weight is 234 g/mol. The molecule has 1 rings (SSSR count). The van der Waals surface area contributed by atoms with E-state index in [1.54, 1.807) is 7.05 Å². The molecule has 88 valence electrons. The lowest BCUT2D eigenvalue weighted by Crippen LogP contribution is -2.47. The first-order valence-corrected chi connectivity index (χ1v) is 6.99. The van der Waals surface area contributed by atoms with Crippen molar-refractivity contribution in [3.8, 4) is 0 Å². The Hall–Kier alpha value is -0.780. The van der Waals surface area contributed by atoms with Crippen molar-refractivity contribution >= 4 is 15.9 Å². The topological polar surface area (TPSA) is 66.5 Å². The highest BCUT2D eigenvalue weighted by Crippen LogP contribution is 2.12. The molecule has 1 fully saturated rings. The first-order chi connectivity index (χ1) is 6.94. The van der Waals surface area contributed by atoms with Crippen LogP contribution in [0.3, 0.4) is 0 Å². The molecule has 6 heteroatoms. The van der Waals surface area contributed by atoms with Crippen molar-refractivity contribution in [2.75, 3.05) is 25.1 Å². The van der Waals surface area contributed by atoms with Crippen LogP contribution in [0.1, 0.15) is 19.8 Å². The van der Waals surface area contributed by atoms with Crippen LogP contribution in [-0.2, 0) is 9.84 Å². The van der Waals surface area contributed by atoms with Gasteiger partial charge in [-0.05, 0) is 19.8 Å². The number of urea groups is 1. The van der Waals surface area contributed by atoms with Crippen molar-refractivity contribution in [2.45, 2.75) is 25.8 Å². The molecule has 0 radical (unpaired) electrons. The van der Waals surface area contributed by atoms with Crippen LogP contribution in [0.4, 0.5) is 4.79 Å². The van der Waals surface area contributed by atoms with Gasteiger partial charge in [-0.1, -0.05) is 0 Å². The zero-order valence-electron chi connectivity index (χ0n) is 9.19. The SMILES string of the molecule is CCN(C)C(=O)NC1CCCS(=O)(=O)C1. The molecular formula is C9H18N2O3S. The molecule has 1 atom stereocenters. The number of hydrogen-bond acceptors (Lipinski definition) is 3. The van der Waals surface area contributed by atoms with Gasteiger partial charge in [0.2, 0.25) is 0 Å². The summed E-state index contributed by atoms with van der Waals surface area (Å²) in [5, 5.41) is 2.73. The summed E-state index contributed by atoms with van der Waals surface area (Å²) in [6.07, 6.45) is 1.39. The van der Waals surface area contributed by atoms with Gasteiger partial charge in [0.15, 0.2) is 9.84 Å². The Labute approximate surface area is 90.7 Å². The first-order valence-electron chi connectivity index (χ1n) is 5.16. The Kier molecular flexibility index (Phi) is 3.96. The Morgan fingerprint density at radius 3 is 2.73 bits per heavy atom. The lowest BCUT2D eigenvalue weighted by molar-refractivity contribution is 0.207. The number of amides is 2. The average Bonchev–Trinajstić information content (AvgIpc) is 2.14. The maximum absolute atomic E-state index is 11.5. The Morgan fingerprint density at radius 1 is 1.53 bits per heavy atom. The third kappa shape index (κ3) is 3.70. The molecule has 1 aliphatic rings. The second kappa shape index (κ2) is 4.83. The highest BCUT2D eigenvalue weighted by Gasteiger charge is 2.26. The maximum atomic E-state index is 11.5. The molecular weight excluding hydrogens is 216 g/mol. The van der Waals surface area contributed by atoms with Gasteiger partial charge in [0, 0.05) is 19.6 Å². The molecule has 2 amide bonds. The van der Waals surface area contributed by atoms with Crippen LogP contribution in [0, 0.1) is 0 Å². The van der Waals surface area contributed by atoms with E-state index in [1.807, 2.05) is 6.92 Å². The van der Waals surface area contributed by atoms with E-state index in [-0.39, 0.29) is 23.6 Å².